The van der Waals surface area contributed by atoms with Gasteiger partial charge in [-0.1, -0.05) is 11.6 Å². The lowest BCUT2D eigenvalue weighted by atomic mass is 10.2. The molecule has 2 heterocycles. The van der Waals surface area contributed by atoms with E-state index in [4.69, 9.17) is 16.3 Å². The zero-order valence-corrected chi connectivity index (χ0v) is 15.8. The second-order valence-corrected chi connectivity index (χ2v) is 6.83. The monoisotopic (exact) mass is 379 g/mol. The molecule has 0 N–H and O–H groups in total. The minimum absolute atomic E-state index is 0.104. The highest BCUT2D eigenvalue weighted by molar-refractivity contribution is 6.30. The van der Waals surface area contributed by atoms with Crippen LogP contribution in [0.25, 0.3) is 16.6 Å². The Kier molecular flexibility index (Phi) is 4.46. The molecule has 0 unspecified atom stereocenters. The summed E-state index contributed by atoms with van der Waals surface area (Å²) in [6.07, 6.45) is 1.77. The predicted molar refractivity (Wildman–Crippen MR) is 107 cm³/mol. The standard InChI is InChI=1S/C21H18ClN3O2/c1-14-19-12-17(5-8-20(19)23-24(14)2)25-10-9-15(11-21(25)26)13-27-18-6-3-16(22)4-7-18/h3-12H,13H2,1-2H3. The first-order chi connectivity index (χ1) is 13.0. The molecule has 0 bridgehead atoms. The number of aryl methyl sites for hydroxylation is 2. The van der Waals surface area contributed by atoms with Crippen molar-refractivity contribution in [2.24, 2.45) is 7.05 Å². The molecule has 0 spiro atoms. The van der Waals surface area contributed by atoms with Crippen LogP contribution in [0.15, 0.2) is 65.6 Å². The van der Waals surface area contributed by atoms with Crippen molar-refractivity contribution in [3.05, 3.63) is 87.4 Å². The Hall–Kier alpha value is -3.05. The summed E-state index contributed by atoms with van der Waals surface area (Å²) in [6.45, 7) is 2.33. The summed E-state index contributed by atoms with van der Waals surface area (Å²) in [5.41, 5.74) is 3.50. The van der Waals surface area contributed by atoms with Crippen molar-refractivity contribution in [2.45, 2.75) is 13.5 Å². The van der Waals surface area contributed by atoms with Crippen LogP contribution in [-0.2, 0) is 13.7 Å². The summed E-state index contributed by atoms with van der Waals surface area (Å²) in [7, 11) is 1.91. The van der Waals surface area contributed by atoms with E-state index in [1.165, 1.54) is 0 Å². The third kappa shape index (κ3) is 3.46. The molecule has 4 aromatic rings. The number of halogens is 1. The van der Waals surface area contributed by atoms with E-state index in [9.17, 15) is 4.79 Å². The van der Waals surface area contributed by atoms with Gasteiger partial charge in [-0.05, 0) is 61.0 Å². The van der Waals surface area contributed by atoms with Crippen molar-refractivity contribution in [1.82, 2.24) is 14.3 Å². The van der Waals surface area contributed by atoms with Gasteiger partial charge in [-0.15, -0.1) is 0 Å². The normalized spacial score (nSPS) is 11.1. The predicted octanol–water partition coefficient (Wildman–Crippen LogP) is 4.27. The van der Waals surface area contributed by atoms with E-state index < -0.39 is 0 Å². The van der Waals surface area contributed by atoms with Crippen molar-refractivity contribution < 1.29 is 4.74 Å². The fourth-order valence-electron chi connectivity index (χ4n) is 2.98. The Morgan fingerprint density at radius 3 is 2.59 bits per heavy atom. The number of pyridine rings is 1. The zero-order valence-electron chi connectivity index (χ0n) is 15.0. The Bertz CT molecular complexity index is 1180. The molecule has 136 valence electrons. The van der Waals surface area contributed by atoms with Gasteiger partial charge in [0, 0.05) is 41.1 Å². The Balaban J connectivity index is 1.59. The van der Waals surface area contributed by atoms with E-state index in [1.54, 1.807) is 41.1 Å². The largest absolute Gasteiger partial charge is 0.489 e. The maximum Gasteiger partial charge on any atom is 0.255 e. The molecule has 5 nitrogen and oxygen atoms in total. The van der Waals surface area contributed by atoms with Crippen molar-refractivity contribution in [3.63, 3.8) is 0 Å². The maximum absolute atomic E-state index is 12.6. The van der Waals surface area contributed by atoms with E-state index in [0.29, 0.717) is 17.4 Å². The molecular formula is C21H18ClN3O2. The second-order valence-electron chi connectivity index (χ2n) is 6.40. The van der Waals surface area contributed by atoms with E-state index >= 15 is 0 Å². The van der Waals surface area contributed by atoms with Gasteiger partial charge < -0.3 is 4.74 Å². The van der Waals surface area contributed by atoms with Crippen molar-refractivity contribution in [3.8, 4) is 11.4 Å². The maximum atomic E-state index is 12.6. The van der Waals surface area contributed by atoms with Crippen molar-refractivity contribution >= 4 is 22.5 Å². The lowest BCUT2D eigenvalue weighted by Gasteiger charge is -2.09. The van der Waals surface area contributed by atoms with Crippen LogP contribution >= 0.6 is 11.6 Å². The molecule has 0 saturated carbocycles. The number of hydrogen-bond acceptors (Lipinski definition) is 3. The molecule has 0 aliphatic heterocycles. The van der Waals surface area contributed by atoms with Crippen LogP contribution in [0.1, 0.15) is 11.3 Å². The van der Waals surface area contributed by atoms with Gasteiger partial charge in [-0.3, -0.25) is 14.0 Å². The number of benzene rings is 2. The smallest absolute Gasteiger partial charge is 0.255 e. The molecule has 0 radical (unpaired) electrons. The first-order valence-electron chi connectivity index (χ1n) is 8.55. The zero-order chi connectivity index (χ0) is 19.0. The molecule has 0 aliphatic rings. The van der Waals surface area contributed by atoms with Crippen LogP contribution < -0.4 is 10.3 Å². The molecule has 0 fully saturated rings. The highest BCUT2D eigenvalue weighted by atomic mass is 35.5. The molecule has 27 heavy (non-hydrogen) atoms. The highest BCUT2D eigenvalue weighted by Crippen LogP contribution is 2.20. The topological polar surface area (TPSA) is 49.1 Å². The van der Waals surface area contributed by atoms with Gasteiger partial charge in [0.1, 0.15) is 12.4 Å². The number of nitrogens with zero attached hydrogens (tertiary/aromatic N) is 3. The number of fused-ring (bicyclic) bond motifs is 1. The van der Waals surface area contributed by atoms with Crippen LogP contribution in [0, 0.1) is 6.92 Å². The van der Waals surface area contributed by atoms with Gasteiger partial charge in [0.2, 0.25) is 0 Å². The average molecular weight is 380 g/mol. The van der Waals surface area contributed by atoms with Gasteiger partial charge in [0.05, 0.1) is 5.52 Å². The summed E-state index contributed by atoms with van der Waals surface area (Å²) < 4.78 is 9.17. The third-order valence-electron chi connectivity index (χ3n) is 4.59. The highest BCUT2D eigenvalue weighted by Gasteiger charge is 2.08. The fourth-order valence-corrected chi connectivity index (χ4v) is 3.11. The lowest BCUT2D eigenvalue weighted by molar-refractivity contribution is 0.306. The van der Waals surface area contributed by atoms with Gasteiger partial charge >= 0.3 is 0 Å². The van der Waals surface area contributed by atoms with E-state index in [-0.39, 0.29) is 5.56 Å². The molecule has 2 aromatic carbocycles. The van der Waals surface area contributed by atoms with Gasteiger partial charge in [-0.2, -0.15) is 5.10 Å². The molecule has 6 heteroatoms. The summed E-state index contributed by atoms with van der Waals surface area (Å²) >= 11 is 5.87. The second kappa shape index (κ2) is 6.93. The molecular weight excluding hydrogens is 362 g/mol. The number of aromatic nitrogens is 3. The van der Waals surface area contributed by atoms with Crippen LogP contribution in [-0.4, -0.2) is 14.3 Å². The van der Waals surface area contributed by atoms with Crippen LogP contribution in [0.2, 0.25) is 5.02 Å². The molecule has 0 saturated heterocycles. The number of hydrogen-bond donors (Lipinski definition) is 0. The summed E-state index contributed by atoms with van der Waals surface area (Å²) in [6, 6.07) is 16.4. The first-order valence-corrected chi connectivity index (χ1v) is 8.93. The quantitative estimate of drug-likeness (QED) is 0.532. The Morgan fingerprint density at radius 2 is 1.85 bits per heavy atom. The molecule has 4 rings (SSSR count). The minimum Gasteiger partial charge on any atom is -0.489 e. The van der Waals surface area contributed by atoms with Crippen LogP contribution in [0.3, 0.4) is 0 Å². The Morgan fingerprint density at radius 1 is 1.07 bits per heavy atom. The summed E-state index contributed by atoms with van der Waals surface area (Å²) in [5.74, 6) is 0.709. The SMILES string of the molecule is Cc1c2cc(-n3ccc(COc4ccc(Cl)cc4)cc3=O)ccc2nn1C. The Labute approximate surface area is 161 Å². The summed E-state index contributed by atoms with van der Waals surface area (Å²) in [4.78, 5) is 12.6. The molecule has 2 aromatic heterocycles. The molecule has 0 amide bonds. The lowest BCUT2D eigenvalue weighted by Crippen LogP contribution is -2.17. The van der Waals surface area contributed by atoms with Crippen LogP contribution in [0.5, 0.6) is 5.75 Å². The minimum atomic E-state index is -0.104. The molecule has 0 aliphatic carbocycles. The van der Waals surface area contributed by atoms with Gasteiger partial charge in [0.25, 0.3) is 5.56 Å². The molecule has 0 atom stereocenters. The van der Waals surface area contributed by atoms with Gasteiger partial charge in [-0.25, -0.2) is 0 Å². The van der Waals surface area contributed by atoms with Gasteiger partial charge in [0.15, 0.2) is 0 Å². The van der Waals surface area contributed by atoms with E-state index in [0.717, 1.165) is 27.8 Å². The van der Waals surface area contributed by atoms with E-state index in [2.05, 4.69) is 5.10 Å². The summed E-state index contributed by atoms with van der Waals surface area (Å²) in [5, 5.41) is 6.14. The first kappa shape index (κ1) is 17.4. The van der Waals surface area contributed by atoms with Crippen molar-refractivity contribution in [2.75, 3.05) is 0 Å². The van der Waals surface area contributed by atoms with Crippen LogP contribution in [0.4, 0.5) is 0 Å². The average Bonchev–Trinajstić information content (AvgIpc) is 2.95. The number of ether oxygens (including phenoxy) is 1. The number of rotatable bonds is 4. The van der Waals surface area contributed by atoms with E-state index in [1.807, 2.05) is 42.9 Å². The van der Waals surface area contributed by atoms with Crippen molar-refractivity contribution in [1.29, 1.82) is 0 Å². The third-order valence-corrected chi connectivity index (χ3v) is 4.85. The fraction of sp³-hybridized carbons (Fsp3) is 0.143.